The van der Waals surface area contributed by atoms with Crippen LogP contribution in [0.2, 0.25) is 0 Å². The SMILES string of the molecule is O=S1(=O)c2ccccc2-c2ccc(-c3cccc(-c4nc(-c5ccccc5)nc(-c5ccc6c7ccccc7c7ccccc7c6c5)n4)c3)cc21. The fraction of sp³-hybridized carbons (Fsp3) is 0. The summed E-state index contributed by atoms with van der Waals surface area (Å²) < 4.78 is 27.0. The molecule has 0 N–H and O–H groups in total. The number of rotatable bonds is 4. The highest BCUT2D eigenvalue weighted by Crippen LogP contribution is 2.44. The van der Waals surface area contributed by atoms with Gasteiger partial charge in [0.25, 0.3) is 0 Å². The van der Waals surface area contributed by atoms with Crippen LogP contribution in [0.25, 0.3) is 88.7 Å². The van der Waals surface area contributed by atoms with Crippen molar-refractivity contribution in [1.29, 1.82) is 0 Å². The summed E-state index contributed by atoms with van der Waals surface area (Å²) in [6, 6.07) is 54.2. The first-order valence-corrected chi connectivity index (χ1v) is 18.3. The first-order chi connectivity index (χ1) is 25.0. The fourth-order valence-electron chi connectivity index (χ4n) is 7.42. The molecule has 240 valence electrons. The minimum Gasteiger partial charge on any atom is -0.218 e. The van der Waals surface area contributed by atoms with E-state index >= 15 is 0 Å². The van der Waals surface area contributed by atoms with Crippen LogP contribution in [0.1, 0.15) is 0 Å². The molecule has 0 spiro atoms. The van der Waals surface area contributed by atoms with Crippen molar-refractivity contribution in [3.05, 3.63) is 164 Å². The summed E-state index contributed by atoms with van der Waals surface area (Å²) in [5.41, 5.74) is 5.73. The Morgan fingerprint density at radius 2 is 0.784 bits per heavy atom. The zero-order chi connectivity index (χ0) is 34.1. The van der Waals surface area contributed by atoms with Gasteiger partial charge < -0.3 is 0 Å². The van der Waals surface area contributed by atoms with Crippen LogP contribution < -0.4 is 0 Å². The van der Waals surface area contributed by atoms with E-state index in [1.807, 2.05) is 78.9 Å². The molecule has 10 rings (SSSR count). The summed E-state index contributed by atoms with van der Waals surface area (Å²) in [6.45, 7) is 0. The van der Waals surface area contributed by atoms with E-state index in [0.29, 0.717) is 27.3 Å². The smallest absolute Gasteiger partial charge is 0.207 e. The topological polar surface area (TPSA) is 72.8 Å². The molecule has 8 aromatic carbocycles. The predicted octanol–water partition coefficient (Wildman–Crippen LogP) is 10.8. The van der Waals surface area contributed by atoms with Gasteiger partial charge in [0.1, 0.15) is 0 Å². The average molecular weight is 674 g/mol. The van der Waals surface area contributed by atoms with Crippen molar-refractivity contribution in [1.82, 2.24) is 15.0 Å². The van der Waals surface area contributed by atoms with Gasteiger partial charge in [0.15, 0.2) is 17.5 Å². The largest absolute Gasteiger partial charge is 0.218 e. The third-order valence-corrected chi connectivity index (χ3v) is 11.7. The Bertz CT molecular complexity index is 2960. The van der Waals surface area contributed by atoms with Crippen LogP contribution in [-0.2, 0) is 9.84 Å². The third kappa shape index (κ3) is 4.68. The highest BCUT2D eigenvalue weighted by molar-refractivity contribution is 7.92. The molecule has 1 aromatic heterocycles. The summed E-state index contributed by atoms with van der Waals surface area (Å²) >= 11 is 0. The van der Waals surface area contributed by atoms with Crippen LogP contribution in [0.3, 0.4) is 0 Å². The molecule has 0 saturated heterocycles. The van der Waals surface area contributed by atoms with Gasteiger partial charge in [-0.2, -0.15) is 0 Å². The number of hydrogen-bond donors (Lipinski definition) is 0. The van der Waals surface area contributed by atoms with Crippen molar-refractivity contribution in [2.45, 2.75) is 9.79 Å². The van der Waals surface area contributed by atoms with E-state index in [0.717, 1.165) is 44.3 Å². The maximum absolute atomic E-state index is 13.5. The maximum atomic E-state index is 13.5. The Hall–Kier alpha value is -6.50. The van der Waals surface area contributed by atoms with Crippen LogP contribution in [0.5, 0.6) is 0 Å². The molecule has 0 fully saturated rings. The Kier molecular flexibility index (Phi) is 6.50. The summed E-state index contributed by atoms with van der Waals surface area (Å²) in [6.07, 6.45) is 0. The second kappa shape index (κ2) is 11.3. The van der Waals surface area contributed by atoms with Gasteiger partial charge in [0.2, 0.25) is 9.84 Å². The van der Waals surface area contributed by atoms with E-state index in [4.69, 9.17) is 15.0 Å². The molecule has 9 aromatic rings. The standard InChI is InChI=1S/C45H27N3O2S/c49-51(50)41-20-9-8-19-38(41)39-24-21-30(27-42(39)51)29-13-10-14-31(25-29)44-46-43(28-11-2-1-3-12-28)47-45(48-44)32-22-23-37-35-17-5-4-15-33(35)34-16-6-7-18-36(34)40(37)26-32/h1-27H. The van der Waals surface area contributed by atoms with Crippen molar-refractivity contribution in [2.75, 3.05) is 0 Å². The Morgan fingerprint density at radius 1 is 0.314 bits per heavy atom. The Labute approximate surface area is 294 Å². The highest BCUT2D eigenvalue weighted by Gasteiger charge is 2.32. The number of hydrogen-bond acceptors (Lipinski definition) is 5. The van der Waals surface area contributed by atoms with Crippen molar-refractivity contribution < 1.29 is 8.42 Å². The van der Waals surface area contributed by atoms with E-state index in [9.17, 15) is 8.42 Å². The number of nitrogens with zero attached hydrogens (tertiary/aromatic N) is 3. The van der Waals surface area contributed by atoms with E-state index in [1.54, 1.807) is 18.2 Å². The van der Waals surface area contributed by atoms with Gasteiger partial charge in [-0.3, -0.25) is 0 Å². The van der Waals surface area contributed by atoms with E-state index in [-0.39, 0.29) is 0 Å². The van der Waals surface area contributed by atoms with Gasteiger partial charge >= 0.3 is 0 Å². The quantitative estimate of drug-likeness (QED) is 0.174. The molecular weight excluding hydrogens is 647 g/mol. The number of sulfone groups is 1. The van der Waals surface area contributed by atoms with Gasteiger partial charge in [-0.05, 0) is 67.7 Å². The van der Waals surface area contributed by atoms with E-state index < -0.39 is 9.84 Å². The molecular formula is C45H27N3O2S. The Balaban J connectivity index is 1.13. The number of aromatic nitrogens is 3. The molecule has 5 nitrogen and oxygen atoms in total. The molecule has 1 aliphatic rings. The minimum absolute atomic E-state index is 0.331. The molecule has 2 heterocycles. The summed E-state index contributed by atoms with van der Waals surface area (Å²) in [4.78, 5) is 15.8. The normalized spacial score (nSPS) is 13.0. The predicted molar refractivity (Wildman–Crippen MR) is 205 cm³/mol. The molecule has 51 heavy (non-hydrogen) atoms. The lowest BCUT2D eigenvalue weighted by molar-refractivity contribution is 0.598. The van der Waals surface area contributed by atoms with Crippen LogP contribution in [0.4, 0.5) is 0 Å². The molecule has 0 saturated carbocycles. The molecule has 0 atom stereocenters. The monoisotopic (exact) mass is 673 g/mol. The average Bonchev–Trinajstić information content (AvgIpc) is 3.43. The summed E-state index contributed by atoms with van der Waals surface area (Å²) in [5.74, 6) is 1.68. The van der Waals surface area contributed by atoms with E-state index in [1.165, 1.54) is 26.9 Å². The zero-order valence-electron chi connectivity index (χ0n) is 27.2. The lowest BCUT2D eigenvalue weighted by Gasteiger charge is -2.13. The lowest BCUT2D eigenvalue weighted by Crippen LogP contribution is -2.00. The van der Waals surface area contributed by atoms with Crippen LogP contribution in [0.15, 0.2) is 174 Å². The van der Waals surface area contributed by atoms with Crippen molar-refractivity contribution in [3.63, 3.8) is 0 Å². The molecule has 0 bridgehead atoms. The highest BCUT2D eigenvalue weighted by atomic mass is 32.2. The maximum Gasteiger partial charge on any atom is 0.207 e. The fourth-order valence-corrected chi connectivity index (χ4v) is 9.14. The number of fused-ring (bicyclic) bond motifs is 9. The molecule has 0 radical (unpaired) electrons. The minimum atomic E-state index is -3.61. The number of benzene rings is 8. The zero-order valence-corrected chi connectivity index (χ0v) is 28.0. The van der Waals surface area contributed by atoms with Crippen LogP contribution >= 0.6 is 0 Å². The molecule has 1 aliphatic heterocycles. The third-order valence-electron chi connectivity index (χ3n) is 9.86. The summed E-state index contributed by atoms with van der Waals surface area (Å²) in [7, 11) is -3.61. The van der Waals surface area contributed by atoms with Gasteiger partial charge in [-0.1, -0.05) is 140 Å². The second-order valence-corrected chi connectivity index (χ2v) is 14.7. The van der Waals surface area contributed by atoms with Crippen LogP contribution in [0, 0.1) is 0 Å². The van der Waals surface area contributed by atoms with Crippen LogP contribution in [-0.4, -0.2) is 23.4 Å². The van der Waals surface area contributed by atoms with Gasteiger partial charge in [0, 0.05) is 27.8 Å². The van der Waals surface area contributed by atoms with Gasteiger partial charge in [0.05, 0.1) is 9.79 Å². The summed E-state index contributed by atoms with van der Waals surface area (Å²) in [5, 5.41) is 7.14. The first kappa shape index (κ1) is 29.4. The van der Waals surface area contributed by atoms with Gasteiger partial charge in [-0.25, -0.2) is 23.4 Å². The van der Waals surface area contributed by atoms with Crippen molar-refractivity contribution in [2.24, 2.45) is 0 Å². The molecule has 0 amide bonds. The molecule has 6 heteroatoms. The molecule has 0 unspecified atom stereocenters. The Morgan fingerprint density at radius 3 is 1.49 bits per heavy atom. The van der Waals surface area contributed by atoms with Crippen molar-refractivity contribution >= 4 is 42.2 Å². The lowest BCUT2D eigenvalue weighted by atomic mass is 9.93. The van der Waals surface area contributed by atoms with Gasteiger partial charge in [-0.15, -0.1) is 0 Å². The first-order valence-electron chi connectivity index (χ1n) is 16.8. The van der Waals surface area contributed by atoms with Crippen molar-refractivity contribution in [3.8, 4) is 56.4 Å². The van der Waals surface area contributed by atoms with E-state index in [2.05, 4.69) is 66.7 Å². The second-order valence-electron chi connectivity index (χ2n) is 12.8. The molecule has 0 aliphatic carbocycles.